The molecule has 0 fully saturated rings. The van der Waals surface area contributed by atoms with Crippen molar-refractivity contribution in [2.24, 2.45) is 0 Å². The fraction of sp³-hybridized carbons (Fsp3) is 0.0909. The van der Waals surface area contributed by atoms with Crippen molar-refractivity contribution in [3.63, 3.8) is 0 Å². The van der Waals surface area contributed by atoms with Gasteiger partial charge in [-0.2, -0.15) is 0 Å². The normalized spacial score (nSPS) is 9.93. The van der Waals surface area contributed by atoms with Crippen LogP contribution in [0.15, 0.2) is 29.6 Å². The summed E-state index contributed by atoms with van der Waals surface area (Å²) in [6.45, 7) is 0. The molecule has 0 radical (unpaired) electrons. The molecule has 1 aromatic heterocycles. The summed E-state index contributed by atoms with van der Waals surface area (Å²) in [5.74, 6) is 0.837. The zero-order valence-electron chi connectivity index (χ0n) is 8.14. The van der Waals surface area contributed by atoms with Crippen molar-refractivity contribution in [3.8, 4) is 17.0 Å². The number of benzene rings is 1. The second-order valence-electron chi connectivity index (χ2n) is 2.92. The first-order valence-electron chi connectivity index (χ1n) is 4.38. The van der Waals surface area contributed by atoms with Crippen LogP contribution < -0.4 is 4.74 Å². The Balaban J connectivity index is 2.39. The maximum absolute atomic E-state index is 5.16. The van der Waals surface area contributed by atoms with Crippen molar-refractivity contribution >= 4 is 28.9 Å². The topological polar surface area (TPSA) is 22.1 Å². The van der Waals surface area contributed by atoms with E-state index in [2.05, 4.69) is 4.98 Å². The van der Waals surface area contributed by atoms with Gasteiger partial charge in [-0.3, -0.25) is 0 Å². The quantitative estimate of drug-likeness (QED) is 0.763. The third-order valence-electron chi connectivity index (χ3n) is 1.99. The standard InChI is InChI=1S/C11H9NOS2/c1-13-9-4-2-3-8(5-9)10-7-15-11(6-14)12-10/h2-7H,1H3. The molecule has 0 aliphatic rings. The van der Waals surface area contributed by atoms with E-state index in [-0.39, 0.29) is 0 Å². The number of thiocarbonyl (C=S) groups is 1. The third kappa shape index (κ3) is 2.22. The summed E-state index contributed by atoms with van der Waals surface area (Å²) in [4.78, 5) is 4.38. The molecule has 0 spiro atoms. The zero-order valence-corrected chi connectivity index (χ0v) is 9.77. The summed E-state index contributed by atoms with van der Waals surface area (Å²) < 4.78 is 5.16. The maximum Gasteiger partial charge on any atom is 0.127 e. The highest BCUT2D eigenvalue weighted by molar-refractivity contribution is 7.79. The first kappa shape index (κ1) is 10.3. The van der Waals surface area contributed by atoms with Gasteiger partial charge in [0.15, 0.2) is 0 Å². The number of hydrogen-bond donors (Lipinski definition) is 0. The van der Waals surface area contributed by atoms with Crippen LogP contribution in [0.3, 0.4) is 0 Å². The van der Waals surface area contributed by atoms with Crippen molar-refractivity contribution in [2.75, 3.05) is 7.11 Å². The average Bonchev–Trinajstić information content (AvgIpc) is 2.78. The number of ether oxygens (including phenoxy) is 1. The fourth-order valence-corrected chi connectivity index (χ4v) is 2.10. The van der Waals surface area contributed by atoms with E-state index in [4.69, 9.17) is 17.0 Å². The highest BCUT2D eigenvalue weighted by Gasteiger charge is 2.03. The van der Waals surface area contributed by atoms with Crippen LogP contribution in [0.5, 0.6) is 5.75 Å². The van der Waals surface area contributed by atoms with Gasteiger partial charge in [0.2, 0.25) is 0 Å². The van der Waals surface area contributed by atoms with E-state index in [0.29, 0.717) is 0 Å². The summed E-state index contributed by atoms with van der Waals surface area (Å²) in [7, 11) is 1.66. The van der Waals surface area contributed by atoms with Gasteiger partial charge in [-0.1, -0.05) is 24.4 Å². The van der Waals surface area contributed by atoms with Crippen LogP contribution in [0.4, 0.5) is 0 Å². The molecule has 2 aromatic rings. The van der Waals surface area contributed by atoms with Crippen LogP contribution in [0.2, 0.25) is 0 Å². The lowest BCUT2D eigenvalue weighted by atomic mass is 10.2. The molecule has 76 valence electrons. The molecule has 0 bridgehead atoms. The molecule has 4 heteroatoms. The minimum Gasteiger partial charge on any atom is -0.497 e. The van der Waals surface area contributed by atoms with E-state index in [0.717, 1.165) is 22.0 Å². The van der Waals surface area contributed by atoms with E-state index in [1.807, 2.05) is 29.6 Å². The predicted molar refractivity (Wildman–Crippen MR) is 66.9 cm³/mol. The van der Waals surface area contributed by atoms with Crippen LogP contribution in [0.1, 0.15) is 5.01 Å². The molecule has 0 N–H and O–H groups in total. The summed E-state index contributed by atoms with van der Waals surface area (Å²) in [6, 6.07) is 7.83. The van der Waals surface area contributed by atoms with Crippen LogP contribution in [0, 0.1) is 0 Å². The fourth-order valence-electron chi connectivity index (χ4n) is 1.26. The Bertz CT molecular complexity index is 479. The Hall–Kier alpha value is -1.26. The first-order chi connectivity index (χ1) is 7.33. The number of methoxy groups -OCH3 is 1. The second kappa shape index (κ2) is 4.51. The molecule has 2 rings (SSSR count). The SMILES string of the molecule is COc1cccc(-c2csc(C=S)n2)c1. The summed E-state index contributed by atoms with van der Waals surface area (Å²) in [5, 5.41) is 4.45. The van der Waals surface area contributed by atoms with Crippen LogP contribution in [-0.2, 0) is 0 Å². The molecule has 2 nitrogen and oxygen atoms in total. The van der Waals surface area contributed by atoms with Gasteiger partial charge in [0.05, 0.1) is 12.8 Å². The molecule has 0 amide bonds. The Morgan fingerprint density at radius 2 is 2.33 bits per heavy atom. The second-order valence-corrected chi connectivity index (χ2v) is 4.05. The number of thiazole rings is 1. The largest absolute Gasteiger partial charge is 0.497 e. The zero-order chi connectivity index (χ0) is 10.7. The molecule has 0 unspecified atom stereocenters. The van der Waals surface area contributed by atoms with Crippen molar-refractivity contribution in [3.05, 3.63) is 34.7 Å². The van der Waals surface area contributed by atoms with Gasteiger partial charge in [0.1, 0.15) is 10.8 Å². The molecule has 0 aliphatic carbocycles. The van der Waals surface area contributed by atoms with Gasteiger partial charge in [-0.05, 0) is 12.1 Å². The minimum absolute atomic E-state index is 0.837. The minimum atomic E-state index is 0.837. The molecule has 1 heterocycles. The van der Waals surface area contributed by atoms with Crippen LogP contribution in [0.25, 0.3) is 11.3 Å². The van der Waals surface area contributed by atoms with Gasteiger partial charge in [0, 0.05) is 16.3 Å². The van der Waals surface area contributed by atoms with E-state index >= 15 is 0 Å². The van der Waals surface area contributed by atoms with Crippen molar-refractivity contribution in [1.82, 2.24) is 4.98 Å². The monoisotopic (exact) mass is 235 g/mol. The predicted octanol–water partition coefficient (Wildman–Crippen LogP) is 3.17. The van der Waals surface area contributed by atoms with Crippen molar-refractivity contribution in [2.45, 2.75) is 0 Å². The summed E-state index contributed by atoms with van der Waals surface area (Å²) in [5.41, 5.74) is 1.99. The van der Waals surface area contributed by atoms with Gasteiger partial charge in [-0.15, -0.1) is 11.3 Å². The number of hydrogen-bond acceptors (Lipinski definition) is 4. The molecule has 1 aromatic carbocycles. The maximum atomic E-state index is 5.16. The van der Waals surface area contributed by atoms with Gasteiger partial charge in [0.25, 0.3) is 0 Å². The Kier molecular flexibility index (Phi) is 3.08. The molecule has 0 atom stereocenters. The van der Waals surface area contributed by atoms with E-state index < -0.39 is 0 Å². The van der Waals surface area contributed by atoms with E-state index in [9.17, 15) is 0 Å². The van der Waals surface area contributed by atoms with Crippen LogP contribution in [-0.4, -0.2) is 17.5 Å². The van der Waals surface area contributed by atoms with Crippen LogP contribution >= 0.6 is 23.6 Å². The Morgan fingerprint density at radius 1 is 1.47 bits per heavy atom. The third-order valence-corrected chi connectivity index (χ3v) is 3.15. The lowest BCUT2D eigenvalue weighted by Crippen LogP contribution is -1.84. The lowest BCUT2D eigenvalue weighted by Gasteiger charge is -2.01. The molecule has 0 aliphatic heterocycles. The molecular formula is C11H9NOS2. The van der Waals surface area contributed by atoms with Crippen molar-refractivity contribution < 1.29 is 4.74 Å². The molecule has 0 saturated carbocycles. The van der Waals surface area contributed by atoms with Crippen molar-refractivity contribution in [1.29, 1.82) is 0 Å². The van der Waals surface area contributed by atoms with Gasteiger partial charge >= 0.3 is 0 Å². The molecule has 15 heavy (non-hydrogen) atoms. The van der Waals surface area contributed by atoms with E-state index in [1.54, 1.807) is 23.8 Å². The summed E-state index contributed by atoms with van der Waals surface area (Å²) in [6.07, 6.45) is 0. The van der Waals surface area contributed by atoms with Gasteiger partial charge in [-0.25, -0.2) is 4.98 Å². The Morgan fingerprint density at radius 3 is 3.00 bits per heavy atom. The van der Waals surface area contributed by atoms with E-state index in [1.165, 1.54) is 0 Å². The number of rotatable bonds is 3. The smallest absolute Gasteiger partial charge is 0.127 e. The number of nitrogens with zero attached hydrogens (tertiary/aromatic N) is 1. The summed E-state index contributed by atoms with van der Waals surface area (Å²) >= 11 is 6.37. The highest BCUT2D eigenvalue weighted by atomic mass is 32.1. The number of aromatic nitrogens is 1. The molecule has 0 saturated heterocycles. The highest BCUT2D eigenvalue weighted by Crippen LogP contribution is 2.24. The average molecular weight is 235 g/mol. The lowest BCUT2D eigenvalue weighted by molar-refractivity contribution is 0.415. The Labute approximate surface area is 97.6 Å². The van der Waals surface area contributed by atoms with Gasteiger partial charge < -0.3 is 4.74 Å². The first-order valence-corrected chi connectivity index (χ1v) is 5.73. The molecular weight excluding hydrogens is 226 g/mol.